The maximum atomic E-state index is 13.5. The van der Waals surface area contributed by atoms with Gasteiger partial charge in [0.1, 0.15) is 11.5 Å². The van der Waals surface area contributed by atoms with Gasteiger partial charge in [-0.3, -0.25) is 9.59 Å². The summed E-state index contributed by atoms with van der Waals surface area (Å²) >= 11 is 0. The lowest BCUT2D eigenvalue weighted by Crippen LogP contribution is -2.18. The first-order valence-corrected chi connectivity index (χ1v) is 12.7. The summed E-state index contributed by atoms with van der Waals surface area (Å²) in [7, 11) is 1.57. The number of aromatic nitrogens is 2. The van der Waals surface area contributed by atoms with Crippen molar-refractivity contribution in [3.8, 4) is 22.4 Å². The Bertz CT molecular complexity index is 1670. The van der Waals surface area contributed by atoms with Crippen molar-refractivity contribution in [2.24, 2.45) is 0 Å². The summed E-state index contributed by atoms with van der Waals surface area (Å²) in [6.45, 7) is 0. The zero-order chi connectivity index (χ0) is 26.3. The Morgan fingerprint density at radius 1 is 0.895 bits per heavy atom. The Balaban J connectivity index is 1.35. The first kappa shape index (κ1) is 23.8. The number of nitrogens with zero attached hydrogens (tertiary/aromatic N) is 2. The summed E-state index contributed by atoms with van der Waals surface area (Å²) < 4.78 is 15.2. The molecule has 6 heteroatoms. The van der Waals surface area contributed by atoms with E-state index in [1.165, 1.54) is 17.7 Å². The number of Topliss-reactive ketones (excluding diaryl/α,β-unsaturated/α-hetero) is 1. The van der Waals surface area contributed by atoms with E-state index in [0.717, 1.165) is 24.0 Å². The number of ketones is 1. The number of pyridine rings is 1. The molecule has 3 aromatic carbocycles. The Kier molecular flexibility index (Phi) is 5.87. The maximum absolute atomic E-state index is 13.5. The van der Waals surface area contributed by atoms with E-state index in [1.54, 1.807) is 29.9 Å². The topological polar surface area (TPSA) is 63.5 Å². The molecule has 1 N–H and O–H groups in total. The van der Waals surface area contributed by atoms with E-state index in [1.807, 2.05) is 54.6 Å². The summed E-state index contributed by atoms with van der Waals surface area (Å²) in [6, 6.07) is 27.7. The van der Waals surface area contributed by atoms with Gasteiger partial charge >= 0.3 is 0 Å². The van der Waals surface area contributed by atoms with Crippen LogP contribution in [0.3, 0.4) is 0 Å². The van der Waals surface area contributed by atoms with Crippen molar-refractivity contribution < 1.29 is 14.0 Å². The summed E-state index contributed by atoms with van der Waals surface area (Å²) in [5, 5.41) is 7.31. The van der Waals surface area contributed by atoms with E-state index in [2.05, 4.69) is 22.5 Å². The molecule has 1 fully saturated rings. The van der Waals surface area contributed by atoms with Crippen LogP contribution in [0.1, 0.15) is 45.5 Å². The molecular weight excluding hydrogens is 477 g/mol. The number of halogens is 1. The van der Waals surface area contributed by atoms with E-state index < -0.39 is 0 Å². The maximum Gasteiger partial charge on any atom is 0.255 e. The molecule has 2 heterocycles. The Hall–Kier alpha value is -4.58. The van der Waals surface area contributed by atoms with Gasteiger partial charge in [0.2, 0.25) is 0 Å². The van der Waals surface area contributed by atoms with E-state index in [9.17, 15) is 14.0 Å². The minimum Gasteiger partial charge on any atom is -0.355 e. The lowest BCUT2D eigenvalue weighted by molar-refractivity contribution is 0.0959. The second kappa shape index (κ2) is 9.38. The predicted octanol–water partition coefficient (Wildman–Crippen LogP) is 6.47. The van der Waals surface area contributed by atoms with E-state index in [0.29, 0.717) is 34.3 Å². The molecule has 188 valence electrons. The average molecular weight is 504 g/mol. The van der Waals surface area contributed by atoms with Crippen LogP contribution >= 0.6 is 0 Å². The average Bonchev–Trinajstić information content (AvgIpc) is 3.64. The first-order valence-electron chi connectivity index (χ1n) is 12.7. The monoisotopic (exact) mass is 503 g/mol. The lowest BCUT2D eigenvalue weighted by atomic mass is 9.88. The highest BCUT2D eigenvalue weighted by molar-refractivity contribution is 6.07. The van der Waals surface area contributed by atoms with Crippen molar-refractivity contribution in [2.45, 2.75) is 24.7 Å². The van der Waals surface area contributed by atoms with Crippen LogP contribution in [0.15, 0.2) is 97.2 Å². The third-order valence-corrected chi connectivity index (χ3v) is 7.46. The number of carbonyl (C=O) groups is 2. The smallest absolute Gasteiger partial charge is 0.255 e. The van der Waals surface area contributed by atoms with Gasteiger partial charge in [0.15, 0.2) is 5.78 Å². The van der Waals surface area contributed by atoms with Crippen LogP contribution in [0.4, 0.5) is 4.39 Å². The summed E-state index contributed by atoms with van der Waals surface area (Å²) in [6.07, 6.45) is 4.34. The number of rotatable bonds is 7. The number of hydrogen-bond donors (Lipinski definition) is 1. The van der Waals surface area contributed by atoms with Gasteiger partial charge in [-0.25, -0.2) is 8.91 Å². The number of carbonyl (C=O) groups excluding carboxylic acids is 2. The molecule has 1 amide bonds. The number of amides is 1. The van der Waals surface area contributed by atoms with Crippen LogP contribution in [0.5, 0.6) is 0 Å². The minimum absolute atomic E-state index is 0.0516. The van der Waals surface area contributed by atoms with Gasteiger partial charge < -0.3 is 5.32 Å². The first-order chi connectivity index (χ1) is 18.5. The van der Waals surface area contributed by atoms with Crippen LogP contribution in [0, 0.1) is 5.82 Å². The summed E-state index contributed by atoms with van der Waals surface area (Å²) in [4.78, 5) is 26.3. The molecule has 0 radical (unpaired) electrons. The second-order valence-electron chi connectivity index (χ2n) is 9.88. The molecule has 6 rings (SSSR count). The van der Waals surface area contributed by atoms with Crippen molar-refractivity contribution in [1.29, 1.82) is 0 Å². The lowest BCUT2D eigenvalue weighted by Gasteiger charge is -2.15. The third kappa shape index (κ3) is 4.28. The molecule has 0 spiro atoms. The molecule has 1 saturated carbocycles. The van der Waals surface area contributed by atoms with Gasteiger partial charge in [0.25, 0.3) is 5.91 Å². The molecule has 5 nitrogen and oxygen atoms in total. The van der Waals surface area contributed by atoms with Gasteiger partial charge in [-0.2, -0.15) is 5.10 Å². The molecule has 0 aliphatic heterocycles. The fourth-order valence-electron chi connectivity index (χ4n) is 5.18. The summed E-state index contributed by atoms with van der Waals surface area (Å²) in [5.41, 5.74) is 5.76. The Labute approximate surface area is 219 Å². The molecule has 1 aliphatic carbocycles. The molecular formula is C32H26FN3O2. The zero-order valence-electron chi connectivity index (χ0n) is 20.9. The Morgan fingerprint density at radius 3 is 2.34 bits per heavy atom. The van der Waals surface area contributed by atoms with Crippen LogP contribution in [-0.2, 0) is 5.41 Å². The van der Waals surface area contributed by atoms with Crippen LogP contribution < -0.4 is 5.32 Å². The quantitative estimate of drug-likeness (QED) is 0.259. The molecule has 0 atom stereocenters. The summed E-state index contributed by atoms with van der Waals surface area (Å²) in [5.74, 6) is -0.508. The normalized spacial score (nSPS) is 13.8. The fourth-order valence-corrected chi connectivity index (χ4v) is 5.18. The minimum atomic E-state index is -0.355. The molecule has 38 heavy (non-hydrogen) atoms. The number of nitrogens with one attached hydrogen (secondary N) is 1. The van der Waals surface area contributed by atoms with Crippen molar-refractivity contribution in [3.05, 3.63) is 120 Å². The van der Waals surface area contributed by atoms with Crippen LogP contribution in [-0.4, -0.2) is 28.4 Å². The number of hydrogen-bond acceptors (Lipinski definition) is 3. The predicted molar refractivity (Wildman–Crippen MR) is 146 cm³/mol. The van der Waals surface area contributed by atoms with E-state index in [4.69, 9.17) is 0 Å². The van der Waals surface area contributed by atoms with Crippen molar-refractivity contribution in [3.63, 3.8) is 0 Å². The van der Waals surface area contributed by atoms with E-state index >= 15 is 0 Å². The highest BCUT2D eigenvalue weighted by atomic mass is 19.1. The third-order valence-electron chi connectivity index (χ3n) is 7.46. The highest BCUT2D eigenvalue weighted by Crippen LogP contribution is 2.51. The Morgan fingerprint density at radius 2 is 1.63 bits per heavy atom. The van der Waals surface area contributed by atoms with Gasteiger partial charge in [-0.15, -0.1) is 0 Å². The van der Waals surface area contributed by atoms with Crippen molar-refractivity contribution >= 4 is 17.2 Å². The molecule has 0 saturated heterocycles. The molecule has 0 unspecified atom stereocenters. The van der Waals surface area contributed by atoms with Gasteiger partial charge in [0.05, 0.1) is 11.1 Å². The molecule has 1 aliphatic rings. The van der Waals surface area contributed by atoms with Gasteiger partial charge in [0, 0.05) is 36.2 Å². The molecule has 2 aromatic heterocycles. The van der Waals surface area contributed by atoms with Crippen molar-refractivity contribution in [1.82, 2.24) is 14.9 Å². The zero-order valence-corrected chi connectivity index (χ0v) is 20.9. The fraction of sp³-hybridized carbons (Fsp3) is 0.156. The number of benzene rings is 3. The SMILES string of the molecule is CNC(=O)c1c(-c2ccc(F)cc2)nn2ccc(-c3cccc(C(=O)CC4(c5ccccc5)CC4)c3)cc12. The van der Waals surface area contributed by atoms with Gasteiger partial charge in [-0.05, 0) is 72.0 Å². The standard InChI is InChI=1S/C32H26FN3O2/c1-34-31(38)29-27-19-23(14-17-36(27)35-30(29)21-10-12-26(33)13-11-21)22-6-5-7-24(18-22)28(37)20-32(15-16-32)25-8-3-2-4-9-25/h2-14,17-19H,15-16,20H2,1H3,(H,34,38). The molecule has 5 aromatic rings. The van der Waals surface area contributed by atoms with Gasteiger partial charge in [-0.1, -0.05) is 48.5 Å². The second-order valence-corrected chi connectivity index (χ2v) is 9.88. The van der Waals surface area contributed by atoms with Crippen LogP contribution in [0.25, 0.3) is 27.9 Å². The largest absolute Gasteiger partial charge is 0.355 e. The van der Waals surface area contributed by atoms with E-state index in [-0.39, 0.29) is 22.9 Å². The highest BCUT2D eigenvalue weighted by Gasteiger charge is 2.45. The van der Waals surface area contributed by atoms with Crippen molar-refractivity contribution in [2.75, 3.05) is 7.05 Å². The molecule has 0 bridgehead atoms. The van der Waals surface area contributed by atoms with Crippen LogP contribution in [0.2, 0.25) is 0 Å². The number of fused-ring (bicyclic) bond motifs is 1.